The Kier molecular flexibility index (Phi) is 9.96. The Hall–Kier alpha value is -4.44. The topological polar surface area (TPSA) is 38.9 Å². The van der Waals surface area contributed by atoms with E-state index in [1.165, 1.54) is 17.2 Å². The molecule has 4 aromatic carbocycles. The number of hydrogen-bond acceptors (Lipinski definition) is 3. The Balaban J connectivity index is 0.000000193. The molecule has 0 bridgehead atoms. The summed E-state index contributed by atoms with van der Waals surface area (Å²) >= 11 is 0. The number of aromatic nitrogens is 2. The van der Waals surface area contributed by atoms with Crippen LogP contribution in [-0.4, -0.2) is 9.97 Å². The molecular formula is C41H35FIrN2O-2. The molecule has 0 aliphatic heterocycles. The average molecular weight is 783 g/mol. The first kappa shape index (κ1) is 32.9. The summed E-state index contributed by atoms with van der Waals surface area (Å²) in [7, 11) is 0. The number of hydrogen-bond donors (Lipinski definition) is 0. The molecule has 5 heteroatoms. The molecule has 0 aliphatic carbocycles. The third kappa shape index (κ3) is 7.17. The second kappa shape index (κ2) is 13.9. The number of furan rings is 1. The van der Waals surface area contributed by atoms with E-state index in [1.54, 1.807) is 6.07 Å². The van der Waals surface area contributed by atoms with E-state index in [0.717, 1.165) is 50.8 Å². The van der Waals surface area contributed by atoms with E-state index in [0.29, 0.717) is 22.1 Å². The van der Waals surface area contributed by atoms with Crippen molar-refractivity contribution in [2.75, 3.05) is 0 Å². The zero-order chi connectivity index (χ0) is 31.6. The Bertz CT molecular complexity index is 2080. The standard InChI is InChI=1S/C24H15FNO.C17H20N.Ir/c1-15-10-13-21(26-14-15)19-9-5-8-17-18-11-12-20(25)22(24(18)27-23(17)19)16-6-3-2-4-7-16;1-13-10-16(14-8-6-5-7-9-14)18-12-15(13)11-17(2,3)4;/h2-8,10-14H,1H3;5-8,10,12H,11H2,1-4H3;/q2*-1;. The minimum Gasteiger partial charge on any atom is -0.500 e. The summed E-state index contributed by atoms with van der Waals surface area (Å²) in [5.41, 5.74) is 10.1. The van der Waals surface area contributed by atoms with E-state index in [-0.39, 0.29) is 25.9 Å². The zero-order valence-corrected chi connectivity index (χ0v) is 29.0. The van der Waals surface area contributed by atoms with Crippen LogP contribution in [0.3, 0.4) is 0 Å². The molecule has 0 N–H and O–H groups in total. The van der Waals surface area contributed by atoms with E-state index in [2.05, 4.69) is 55.9 Å². The van der Waals surface area contributed by atoms with Gasteiger partial charge in [-0.05, 0) is 65.9 Å². The molecule has 0 unspecified atom stereocenters. The molecule has 233 valence electrons. The van der Waals surface area contributed by atoms with Crippen LogP contribution in [0.1, 0.15) is 37.5 Å². The fraction of sp³-hybridized carbons (Fsp3) is 0.171. The molecular weight excluding hydrogens is 748 g/mol. The summed E-state index contributed by atoms with van der Waals surface area (Å²) in [4.78, 5) is 9.06. The van der Waals surface area contributed by atoms with E-state index >= 15 is 0 Å². The first-order valence-electron chi connectivity index (χ1n) is 15.1. The van der Waals surface area contributed by atoms with Crippen LogP contribution >= 0.6 is 0 Å². The normalized spacial score (nSPS) is 11.2. The molecule has 7 aromatic rings. The minimum atomic E-state index is -0.299. The Morgan fingerprint density at radius 1 is 0.739 bits per heavy atom. The van der Waals surface area contributed by atoms with E-state index < -0.39 is 0 Å². The maximum Gasteiger partial charge on any atom is 0.134 e. The third-order valence-corrected chi connectivity index (χ3v) is 7.71. The smallest absolute Gasteiger partial charge is 0.134 e. The van der Waals surface area contributed by atoms with E-state index in [1.807, 2.05) is 98.2 Å². The first-order valence-corrected chi connectivity index (χ1v) is 15.1. The molecule has 3 aromatic heterocycles. The number of nitrogens with zero attached hydrogens (tertiary/aromatic N) is 2. The van der Waals surface area contributed by atoms with Gasteiger partial charge in [-0.3, -0.25) is 0 Å². The van der Waals surface area contributed by atoms with Crippen molar-refractivity contribution in [1.29, 1.82) is 0 Å². The van der Waals surface area contributed by atoms with Gasteiger partial charge in [0.15, 0.2) is 0 Å². The fourth-order valence-corrected chi connectivity index (χ4v) is 5.50. The SMILES string of the molecule is Cc1cc(-c2[c-]cccc2)ncc1CC(C)(C)C.Cc1ccc(-c2[c-]ccc3c2oc2c(-c4ccccc4)c(F)ccc23)nc1.[Ir]. The average Bonchev–Trinajstić information content (AvgIpc) is 3.42. The molecule has 46 heavy (non-hydrogen) atoms. The molecule has 0 aliphatic rings. The summed E-state index contributed by atoms with van der Waals surface area (Å²) in [5, 5.41) is 1.81. The number of fused-ring (bicyclic) bond motifs is 3. The van der Waals surface area contributed by atoms with Gasteiger partial charge in [0.1, 0.15) is 11.4 Å². The number of benzene rings is 4. The van der Waals surface area contributed by atoms with E-state index in [9.17, 15) is 4.39 Å². The Labute approximate surface area is 283 Å². The summed E-state index contributed by atoms with van der Waals surface area (Å²) in [6.45, 7) is 10.9. The van der Waals surface area contributed by atoms with Gasteiger partial charge in [0, 0.05) is 37.9 Å². The predicted octanol–water partition coefficient (Wildman–Crippen LogP) is 11.0. The van der Waals surface area contributed by atoms with Gasteiger partial charge in [0.05, 0.1) is 11.1 Å². The van der Waals surface area contributed by atoms with Crippen molar-refractivity contribution in [3.63, 3.8) is 0 Å². The van der Waals surface area contributed by atoms with Crippen molar-refractivity contribution in [3.8, 4) is 33.6 Å². The molecule has 7 rings (SSSR count). The third-order valence-electron chi connectivity index (χ3n) is 7.71. The van der Waals surface area contributed by atoms with Crippen molar-refractivity contribution >= 4 is 21.9 Å². The van der Waals surface area contributed by atoms with E-state index in [4.69, 9.17) is 4.42 Å². The Morgan fingerprint density at radius 3 is 2.15 bits per heavy atom. The molecule has 1 radical (unpaired) electrons. The molecule has 0 saturated carbocycles. The molecule has 3 nitrogen and oxygen atoms in total. The van der Waals surface area contributed by atoms with Crippen molar-refractivity contribution in [2.45, 2.75) is 41.0 Å². The predicted molar refractivity (Wildman–Crippen MR) is 182 cm³/mol. The molecule has 3 heterocycles. The van der Waals surface area contributed by atoms with Gasteiger partial charge in [0.2, 0.25) is 0 Å². The second-order valence-electron chi connectivity index (χ2n) is 12.6. The van der Waals surface area contributed by atoms with Gasteiger partial charge in [-0.2, -0.15) is 0 Å². The van der Waals surface area contributed by atoms with Gasteiger partial charge in [-0.1, -0.05) is 85.8 Å². The quantitative estimate of drug-likeness (QED) is 0.167. The Morgan fingerprint density at radius 2 is 1.48 bits per heavy atom. The largest absolute Gasteiger partial charge is 0.500 e. The van der Waals surface area contributed by atoms with Gasteiger partial charge >= 0.3 is 0 Å². The minimum absolute atomic E-state index is 0. The molecule has 0 amide bonds. The second-order valence-corrected chi connectivity index (χ2v) is 12.6. The monoisotopic (exact) mass is 783 g/mol. The first-order chi connectivity index (χ1) is 21.7. The van der Waals surface area contributed by atoms with Crippen molar-refractivity contribution < 1.29 is 28.9 Å². The van der Waals surface area contributed by atoms with Crippen LogP contribution in [0.5, 0.6) is 0 Å². The summed E-state index contributed by atoms with van der Waals surface area (Å²) < 4.78 is 20.9. The van der Waals surface area contributed by atoms with Crippen LogP contribution in [0.4, 0.5) is 4.39 Å². The van der Waals surface area contributed by atoms with Crippen LogP contribution in [0.15, 0.2) is 114 Å². The summed E-state index contributed by atoms with van der Waals surface area (Å²) in [6.07, 6.45) is 4.89. The maximum absolute atomic E-state index is 14.7. The van der Waals surface area contributed by atoms with Crippen LogP contribution in [0, 0.1) is 37.2 Å². The van der Waals surface area contributed by atoms with Crippen LogP contribution in [0.2, 0.25) is 0 Å². The fourth-order valence-electron chi connectivity index (χ4n) is 5.50. The van der Waals surface area contributed by atoms with Crippen molar-refractivity contribution in [3.05, 3.63) is 144 Å². The van der Waals surface area contributed by atoms with Gasteiger partial charge in [-0.15, -0.1) is 54.1 Å². The maximum atomic E-state index is 14.7. The molecule has 0 fully saturated rings. The van der Waals surface area contributed by atoms with Crippen LogP contribution in [-0.2, 0) is 26.5 Å². The number of halogens is 1. The number of aryl methyl sites for hydroxylation is 2. The molecule has 0 atom stereocenters. The zero-order valence-electron chi connectivity index (χ0n) is 26.6. The van der Waals surface area contributed by atoms with Gasteiger partial charge in [-0.25, -0.2) is 4.39 Å². The van der Waals surface area contributed by atoms with Crippen LogP contribution < -0.4 is 0 Å². The molecule has 0 saturated heterocycles. The summed E-state index contributed by atoms with van der Waals surface area (Å²) in [5.74, 6) is -0.299. The molecule has 0 spiro atoms. The van der Waals surface area contributed by atoms with Crippen molar-refractivity contribution in [2.24, 2.45) is 5.41 Å². The number of pyridine rings is 2. The number of rotatable bonds is 4. The van der Waals surface area contributed by atoms with Crippen LogP contribution in [0.25, 0.3) is 55.6 Å². The van der Waals surface area contributed by atoms with Crippen molar-refractivity contribution in [1.82, 2.24) is 9.97 Å². The summed E-state index contributed by atoms with van der Waals surface area (Å²) in [6, 6.07) is 37.1. The van der Waals surface area contributed by atoms with Gasteiger partial charge < -0.3 is 14.4 Å². The van der Waals surface area contributed by atoms with Gasteiger partial charge in [0.25, 0.3) is 0 Å².